The molecule has 2 aliphatic rings. The second kappa shape index (κ2) is 7.70. The molecule has 2 atom stereocenters. The zero-order chi connectivity index (χ0) is 23.4. The van der Waals surface area contributed by atoms with E-state index in [1.165, 1.54) is 12.3 Å². The zero-order valence-corrected chi connectivity index (χ0v) is 17.9. The van der Waals surface area contributed by atoms with Crippen LogP contribution >= 0.6 is 0 Å². The summed E-state index contributed by atoms with van der Waals surface area (Å²) in [6.07, 6.45) is -2.59. The van der Waals surface area contributed by atoms with E-state index in [9.17, 15) is 18.3 Å². The van der Waals surface area contributed by atoms with Crippen LogP contribution in [0.15, 0.2) is 36.5 Å². The van der Waals surface area contributed by atoms with Crippen LogP contribution in [0.4, 0.5) is 19.0 Å². The minimum Gasteiger partial charge on any atom is -0.493 e. The zero-order valence-electron chi connectivity index (χ0n) is 17.9. The van der Waals surface area contributed by atoms with Crippen LogP contribution in [0.3, 0.4) is 0 Å². The first-order valence-electron chi connectivity index (χ1n) is 10.6. The van der Waals surface area contributed by atoms with E-state index in [0.717, 1.165) is 24.0 Å². The van der Waals surface area contributed by atoms with Gasteiger partial charge >= 0.3 is 6.18 Å². The second-order valence-corrected chi connectivity index (χ2v) is 8.45. The number of pyridine rings is 2. The molecule has 0 saturated carbocycles. The van der Waals surface area contributed by atoms with Crippen LogP contribution in [0.25, 0.3) is 11.3 Å². The van der Waals surface area contributed by atoms with E-state index in [0.29, 0.717) is 31.8 Å². The van der Waals surface area contributed by atoms with Gasteiger partial charge in [0.2, 0.25) is 5.88 Å². The molecule has 0 aliphatic carbocycles. The smallest absolute Gasteiger partial charge is 0.419 e. The number of fused-ring (bicyclic) bond motifs is 2. The highest BCUT2D eigenvalue weighted by Crippen LogP contribution is 2.42. The molecule has 5 heterocycles. The van der Waals surface area contributed by atoms with Crippen molar-refractivity contribution in [3.05, 3.63) is 53.5 Å². The van der Waals surface area contributed by atoms with Crippen LogP contribution in [0, 0.1) is 0 Å². The molecule has 0 aromatic carbocycles. The van der Waals surface area contributed by atoms with E-state index >= 15 is 0 Å². The topological polar surface area (TPSA) is 102 Å². The van der Waals surface area contributed by atoms with E-state index in [-0.39, 0.29) is 17.5 Å². The molecule has 1 saturated heterocycles. The van der Waals surface area contributed by atoms with Gasteiger partial charge in [-0.25, -0.2) is 9.97 Å². The van der Waals surface area contributed by atoms with E-state index in [1.807, 2.05) is 17.7 Å². The number of nitrogens with two attached hydrogens (primary N) is 1. The predicted molar refractivity (Wildman–Crippen MR) is 113 cm³/mol. The molecular formula is C22H23F3N6O2. The Morgan fingerprint density at radius 3 is 2.82 bits per heavy atom. The summed E-state index contributed by atoms with van der Waals surface area (Å²) in [6, 6.07) is 7.88. The number of anilines is 1. The van der Waals surface area contributed by atoms with Crippen molar-refractivity contribution in [2.75, 3.05) is 25.4 Å². The number of nitrogens with zero attached hydrogens (tertiary/aromatic N) is 5. The molecule has 11 heteroatoms. The van der Waals surface area contributed by atoms with Crippen molar-refractivity contribution in [1.82, 2.24) is 24.6 Å². The van der Waals surface area contributed by atoms with Gasteiger partial charge in [0, 0.05) is 37.0 Å². The van der Waals surface area contributed by atoms with Gasteiger partial charge in [0.05, 0.1) is 35.8 Å². The highest BCUT2D eigenvalue weighted by molar-refractivity contribution is 5.63. The molecule has 174 valence electrons. The molecule has 3 aromatic rings. The number of hydrogen-bond donors (Lipinski definition) is 2. The quantitative estimate of drug-likeness (QED) is 0.618. The largest absolute Gasteiger partial charge is 0.493 e. The number of alkyl halides is 3. The minimum absolute atomic E-state index is 0.0276. The van der Waals surface area contributed by atoms with Crippen molar-refractivity contribution < 1.29 is 23.0 Å². The van der Waals surface area contributed by atoms with Crippen LogP contribution in [0.5, 0.6) is 5.88 Å². The van der Waals surface area contributed by atoms with Gasteiger partial charge in [-0.3, -0.25) is 9.58 Å². The van der Waals surface area contributed by atoms with Crippen LogP contribution in [0.2, 0.25) is 0 Å². The number of halogens is 3. The molecule has 1 fully saturated rings. The van der Waals surface area contributed by atoms with Crippen LogP contribution < -0.4 is 5.73 Å². The van der Waals surface area contributed by atoms with Crippen LogP contribution in [-0.2, 0) is 23.1 Å². The van der Waals surface area contributed by atoms with Gasteiger partial charge in [-0.15, -0.1) is 0 Å². The second-order valence-electron chi connectivity index (χ2n) is 8.45. The Morgan fingerprint density at radius 1 is 1.24 bits per heavy atom. The standard InChI is InChI=1S/C22H23F3N6O2/c1-13(16-3-2-4-19(32)28-16)30-6-5-21(12-30)18-10-17(29-31(18)7-8-33-21)14-9-15(22(23,24)25)20(26)27-11-14/h2-4,9-11,13H,5-8,12H2,1H3,(H2,26,27)(H,28,32)/t13?,21-/m1/s1. The first-order chi connectivity index (χ1) is 15.7. The highest BCUT2D eigenvalue weighted by atomic mass is 19.4. The molecule has 5 rings (SSSR count). The van der Waals surface area contributed by atoms with E-state index in [4.69, 9.17) is 10.5 Å². The highest BCUT2D eigenvalue weighted by Gasteiger charge is 2.47. The van der Waals surface area contributed by atoms with Gasteiger partial charge in [-0.05, 0) is 31.5 Å². The number of aromatic nitrogens is 4. The molecule has 3 aromatic heterocycles. The summed E-state index contributed by atoms with van der Waals surface area (Å²) >= 11 is 0. The fraction of sp³-hybridized carbons (Fsp3) is 0.409. The summed E-state index contributed by atoms with van der Waals surface area (Å²) in [7, 11) is 0. The van der Waals surface area contributed by atoms with E-state index in [2.05, 4.69) is 20.0 Å². The van der Waals surface area contributed by atoms with Gasteiger partial charge in [0.15, 0.2) is 0 Å². The van der Waals surface area contributed by atoms with Crippen molar-refractivity contribution >= 4 is 5.82 Å². The van der Waals surface area contributed by atoms with Gasteiger partial charge in [-0.2, -0.15) is 18.3 Å². The lowest BCUT2D eigenvalue weighted by atomic mass is 9.96. The first-order valence-corrected chi connectivity index (χ1v) is 10.6. The summed E-state index contributed by atoms with van der Waals surface area (Å²) < 4.78 is 48.0. The average molecular weight is 460 g/mol. The minimum atomic E-state index is -4.60. The number of nitrogen functional groups attached to an aromatic ring is 1. The maximum atomic E-state index is 13.3. The first kappa shape index (κ1) is 21.7. The molecule has 1 spiro atoms. The third kappa shape index (κ3) is 3.80. The lowest BCUT2D eigenvalue weighted by Gasteiger charge is -2.35. The maximum absolute atomic E-state index is 13.3. The third-order valence-electron chi connectivity index (χ3n) is 6.44. The monoisotopic (exact) mass is 460 g/mol. The molecule has 3 N–H and O–H groups in total. The number of likely N-dealkylation sites (tertiary alicyclic amines) is 1. The fourth-order valence-corrected chi connectivity index (χ4v) is 4.67. The molecule has 2 aliphatic heterocycles. The Balaban J connectivity index is 1.45. The molecule has 0 radical (unpaired) electrons. The molecular weight excluding hydrogens is 437 g/mol. The summed E-state index contributed by atoms with van der Waals surface area (Å²) in [5.74, 6) is -0.587. The molecule has 33 heavy (non-hydrogen) atoms. The van der Waals surface area contributed by atoms with Gasteiger partial charge < -0.3 is 15.6 Å². The number of aromatic hydroxyl groups is 1. The Bertz CT molecular complexity index is 1200. The normalized spacial score (nSPS) is 21.9. The van der Waals surface area contributed by atoms with Crippen molar-refractivity contribution in [3.8, 4) is 17.1 Å². The number of hydrogen-bond acceptors (Lipinski definition) is 7. The molecule has 1 unspecified atom stereocenters. The average Bonchev–Trinajstić information content (AvgIpc) is 3.39. The van der Waals surface area contributed by atoms with Crippen molar-refractivity contribution in [2.24, 2.45) is 0 Å². The van der Waals surface area contributed by atoms with E-state index in [1.54, 1.807) is 12.1 Å². The Morgan fingerprint density at radius 2 is 2.06 bits per heavy atom. The SMILES string of the molecule is CC(c1cccc(O)n1)N1CC[C@]2(C1)OCCn1nc(-c3cnc(N)c(C(F)(F)F)c3)cc12. The van der Waals surface area contributed by atoms with Crippen LogP contribution in [-0.4, -0.2) is 49.5 Å². The summed E-state index contributed by atoms with van der Waals surface area (Å²) in [5, 5.41) is 14.3. The molecule has 0 amide bonds. The van der Waals surface area contributed by atoms with Gasteiger partial charge in [0.1, 0.15) is 11.4 Å². The Kier molecular flexibility index (Phi) is 5.05. The lowest BCUT2D eigenvalue weighted by Crippen LogP contribution is -2.41. The Hall–Kier alpha value is -3.18. The summed E-state index contributed by atoms with van der Waals surface area (Å²) in [4.78, 5) is 10.2. The fourth-order valence-electron chi connectivity index (χ4n) is 4.67. The van der Waals surface area contributed by atoms with Crippen molar-refractivity contribution in [1.29, 1.82) is 0 Å². The summed E-state index contributed by atoms with van der Waals surface area (Å²) in [5.41, 5.74) is 6.07. The van der Waals surface area contributed by atoms with E-state index < -0.39 is 23.2 Å². The van der Waals surface area contributed by atoms with Crippen molar-refractivity contribution in [2.45, 2.75) is 37.7 Å². The third-order valence-corrected chi connectivity index (χ3v) is 6.44. The van der Waals surface area contributed by atoms with Gasteiger partial charge in [-0.1, -0.05) is 6.07 Å². The lowest BCUT2D eigenvalue weighted by molar-refractivity contribution is -0.137. The molecule has 0 bridgehead atoms. The predicted octanol–water partition coefficient (Wildman–Crippen LogP) is 3.34. The number of ether oxygens (including phenoxy) is 1. The molecule has 8 nitrogen and oxygen atoms in total. The maximum Gasteiger partial charge on any atom is 0.419 e. The summed E-state index contributed by atoms with van der Waals surface area (Å²) in [6.45, 7) is 4.29. The Labute approximate surface area is 187 Å². The van der Waals surface area contributed by atoms with Crippen molar-refractivity contribution in [3.63, 3.8) is 0 Å². The van der Waals surface area contributed by atoms with Gasteiger partial charge in [0.25, 0.3) is 0 Å². The number of rotatable bonds is 3. The van der Waals surface area contributed by atoms with Crippen LogP contribution in [0.1, 0.15) is 36.3 Å².